The fourth-order valence-electron chi connectivity index (χ4n) is 5.13. The summed E-state index contributed by atoms with van der Waals surface area (Å²) in [6, 6.07) is 1.03. The zero-order chi connectivity index (χ0) is 24.0. The number of fused-ring (bicyclic) bond motifs is 1. The molecule has 2 fully saturated rings. The predicted molar refractivity (Wildman–Crippen MR) is 121 cm³/mol. The number of aromatic nitrogens is 2. The molecule has 0 saturated carbocycles. The van der Waals surface area contributed by atoms with Crippen LogP contribution in [0.25, 0.3) is 0 Å². The molecule has 1 aromatic heterocycles. The van der Waals surface area contributed by atoms with Crippen molar-refractivity contribution in [3.63, 3.8) is 0 Å². The number of carbonyl (C=O) groups is 3. The van der Waals surface area contributed by atoms with Gasteiger partial charge in [0, 0.05) is 49.1 Å². The summed E-state index contributed by atoms with van der Waals surface area (Å²) in [5, 5.41) is 19.9. The minimum absolute atomic E-state index is 0.0136. The Morgan fingerprint density at radius 1 is 1.30 bits per heavy atom. The first-order chi connectivity index (χ1) is 15.6. The number of hydrogen-bond donors (Lipinski definition) is 2. The molecule has 1 aromatic rings. The van der Waals surface area contributed by atoms with E-state index in [1.807, 2.05) is 11.8 Å². The largest absolute Gasteiger partial charge is 0.477 e. The summed E-state index contributed by atoms with van der Waals surface area (Å²) in [7, 11) is 3.44. The summed E-state index contributed by atoms with van der Waals surface area (Å²) in [5.41, 5.74) is 0.0136. The Bertz CT molecular complexity index is 985. The first kappa shape index (κ1) is 23.7. The Hall–Kier alpha value is -2.50. The van der Waals surface area contributed by atoms with Crippen molar-refractivity contribution in [2.24, 2.45) is 11.8 Å². The Morgan fingerprint density at radius 2 is 1.97 bits per heavy atom. The molecule has 2 saturated heterocycles. The third kappa shape index (κ3) is 4.13. The number of likely N-dealkylation sites (N-methyl/N-ethyl adjacent to an activating group) is 1. The third-order valence-electron chi connectivity index (χ3n) is 6.66. The minimum atomic E-state index is -1.14. The average molecular weight is 476 g/mol. The molecule has 11 heteroatoms. The van der Waals surface area contributed by atoms with E-state index < -0.39 is 18.0 Å². The summed E-state index contributed by atoms with van der Waals surface area (Å²) in [4.78, 5) is 51.7. The number of aliphatic carboxylic acids is 1. The van der Waals surface area contributed by atoms with Gasteiger partial charge in [-0.15, -0.1) is 11.8 Å². The molecular weight excluding hydrogens is 446 g/mol. The molecule has 3 aliphatic rings. The van der Waals surface area contributed by atoms with Gasteiger partial charge in [-0.2, -0.15) is 0 Å². The van der Waals surface area contributed by atoms with Crippen molar-refractivity contribution in [1.82, 2.24) is 24.7 Å². The number of aliphatic hydroxyl groups excluding tert-OH is 1. The van der Waals surface area contributed by atoms with Crippen molar-refractivity contribution < 1.29 is 24.6 Å². The van der Waals surface area contributed by atoms with Crippen LogP contribution in [0.3, 0.4) is 0 Å². The highest BCUT2D eigenvalue weighted by Crippen LogP contribution is 2.52. The molecule has 0 bridgehead atoms. The van der Waals surface area contributed by atoms with E-state index in [2.05, 4.69) is 9.97 Å². The van der Waals surface area contributed by atoms with Crippen molar-refractivity contribution in [3.8, 4) is 0 Å². The molecule has 0 spiro atoms. The lowest BCUT2D eigenvalue weighted by molar-refractivity contribution is -0.163. The second-order valence-electron chi connectivity index (χ2n) is 9.09. The van der Waals surface area contributed by atoms with Gasteiger partial charge in [0.1, 0.15) is 11.5 Å². The topological polar surface area (TPSA) is 127 Å². The van der Waals surface area contributed by atoms with Gasteiger partial charge in [-0.05, 0) is 19.4 Å². The Labute approximate surface area is 196 Å². The van der Waals surface area contributed by atoms with E-state index in [9.17, 15) is 24.6 Å². The molecule has 3 aliphatic heterocycles. The second-order valence-corrected chi connectivity index (χ2v) is 10.4. The number of β-lactam (4-membered cyclic amide) rings is 1. The van der Waals surface area contributed by atoms with Gasteiger partial charge in [-0.25, -0.2) is 14.8 Å². The predicted octanol–water partition coefficient (Wildman–Crippen LogP) is 0.395. The van der Waals surface area contributed by atoms with Gasteiger partial charge in [0.2, 0.25) is 11.8 Å². The molecule has 0 aromatic carbocycles. The van der Waals surface area contributed by atoms with Gasteiger partial charge in [0.15, 0.2) is 0 Å². The van der Waals surface area contributed by atoms with Crippen molar-refractivity contribution in [2.45, 2.75) is 50.3 Å². The van der Waals surface area contributed by atoms with Crippen molar-refractivity contribution in [2.75, 3.05) is 20.6 Å². The van der Waals surface area contributed by atoms with Crippen molar-refractivity contribution in [3.05, 3.63) is 34.9 Å². The lowest BCUT2D eigenvalue weighted by atomic mass is 9.79. The summed E-state index contributed by atoms with van der Waals surface area (Å²) < 4.78 is 0. The van der Waals surface area contributed by atoms with Crippen molar-refractivity contribution >= 4 is 29.5 Å². The maximum Gasteiger partial charge on any atom is 0.353 e. The van der Waals surface area contributed by atoms with E-state index in [1.54, 1.807) is 44.4 Å². The maximum absolute atomic E-state index is 12.9. The number of carboxylic acids is 1. The number of thioether (sulfide) groups is 1. The molecule has 178 valence electrons. The number of hydrogen-bond acceptors (Lipinski definition) is 8. The summed E-state index contributed by atoms with van der Waals surface area (Å²) in [5.74, 6) is -1.68. The molecular formula is C22H29N5O5S. The molecule has 0 aliphatic carbocycles. The lowest BCUT2D eigenvalue weighted by Gasteiger charge is -2.46. The molecule has 2 amide bonds. The number of carbonyl (C=O) groups excluding carboxylic acids is 2. The Kier molecular flexibility index (Phi) is 6.47. The molecule has 10 nitrogen and oxygen atoms in total. The molecule has 0 unspecified atom stereocenters. The number of carboxylic acid groups (broad SMARTS) is 1. The summed E-state index contributed by atoms with van der Waals surface area (Å²) in [6.45, 7) is 4.45. The highest BCUT2D eigenvalue weighted by Gasteiger charge is 2.60. The van der Waals surface area contributed by atoms with Crippen LogP contribution in [0.2, 0.25) is 0 Å². The van der Waals surface area contributed by atoms with Crippen LogP contribution < -0.4 is 0 Å². The molecule has 4 rings (SSSR count). The Morgan fingerprint density at radius 3 is 2.55 bits per heavy atom. The fraction of sp³-hybridized carbons (Fsp3) is 0.591. The van der Waals surface area contributed by atoms with E-state index in [4.69, 9.17) is 0 Å². The number of rotatable bonds is 7. The minimum Gasteiger partial charge on any atom is -0.477 e. The highest BCUT2D eigenvalue weighted by molar-refractivity contribution is 8.03. The number of amides is 2. The average Bonchev–Trinajstić information content (AvgIpc) is 3.25. The first-order valence-electron chi connectivity index (χ1n) is 11.0. The van der Waals surface area contributed by atoms with Crippen LogP contribution in [0.15, 0.2) is 29.1 Å². The van der Waals surface area contributed by atoms with Gasteiger partial charge < -0.3 is 20.0 Å². The molecule has 33 heavy (non-hydrogen) atoms. The van der Waals surface area contributed by atoms with Gasteiger partial charge >= 0.3 is 5.97 Å². The first-order valence-corrected chi connectivity index (χ1v) is 11.9. The maximum atomic E-state index is 12.9. The van der Waals surface area contributed by atoms with E-state index >= 15 is 0 Å². The number of aliphatic hydroxyl groups is 1. The van der Waals surface area contributed by atoms with Crippen LogP contribution in [-0.4, -0.2) is 96.7 Å². The van der Waals surface area contributed by atoms with Gasteiger partial charge in [-0.1, -0.05) is 6.92 Å². The van der Waals surface area contributed by atoms with E-state index in [0.717, 1.165) is 0 Å². The quantitative estimate of drug-likeness (QED) is 0.539. The second kappa shape index (κ2) is 9.03. The highest BCUT2D eigenvalue weighted by atomic mass is 32.2. The fourth-order valence-corrected chi connectivity index (χ4v) is 6.68. The standard InChI is InChI=1S/C22H29N5O5S/c1-11-17-16(12(2)28)21(30)27(17)18(22(31)32)19(11)33-13-8-14(20(29)25(3)4)26(9-13)10-15-23-6-5-7-24-15/h5-7,11-14,16-17,28H,8-10H2,1-4H3,(H,31,32)/t11-,12-,13+,14+,16-,17-/m1/s1. The van der Waals surface area contributed by atoms with Crippen LogP contribution in [0.4, 0.5) is 0 Å². The number of nitrogens with zero attached hydrogens (tertiary/aromatic N) is 5. The normalized spacial score (nSPS) is 30.3. The zero-order valence-corrected chi connectivity index (χ0v) is 19.9. The van der Waals surface area contributed by atoms with Crippen LogP contribution in [0.1, 0.15) is 26.1 Å². The monoisotopic (exact) mass is 475 g/mol. The van der Waals surface area contributed by atoms with Crippen LogP contribution in [0, 0.1) is 11.8 Å². The smallest absolute Gasteiger partial charge is 0.353 e. The van der Waals surface area contributed by atoms with Gasteiger partial charge in [0.25, 0.3) is 0 Å². The van der Waals surface area contributed by atoms with E-state index in [0.29, 0.717) is 30.2 Å². The molecule has 6 atom stereocenters. The third-order valence-corrected chi connectivity index (χ3v) is 8.15. The van der Waals surface area contributed by atoms with Gasteiger partial charge in [0.05, 0.1) is 30.7 Å². The summed E-state index contributed by atoms with van der Waals surface area (Å²) >= 11 is 1.44. The molecule has 2 N–H and O–H groups in total. The SMILES string of the molecule is C[C@@H](O)[C@H]1C(=O)N2C(C(=O)O)=C(S[C@H]3C[C@@H](C(=O)N(C)C)N(Cc4ncccn4)C3)[C@H](C)[C@H]12. The van der Waals surface area contributed by atoms with Crippen molar-refractivity contribution in [1.29, 1.82) is 0 Å². The van der Waals surface area contributed by atoms with Crippen LogP contribution >= 0.6 is 11.8 Å². The van der Waals surface area contributed by atoms with E-state index in [-0.39, 0.29) is 40.8 Å². The summed E-state index contributed by atoms with van der Waals surface area (Å²) in [6.07, 6.45) is 3.04. The van der Waals surface area contributed by atoms with Gasteiger partial charge in [-0.3, -0.25) is 14.5 Å². The van der Waals surface area contributed by atoms with Crippen LogP contribution in [-0.2, 0) is 20.9 Å². The lowest BCUT2D eigenvalue weighted by Crippen LogP contribution is -2.63. The number of likely N-dealkylation sites (tertiary alicyclic amines) is 1. The zero-order valence-electron chi connectivity index (χ0n) is 19.1. The van der Waals surface area contributed by atoms with Crippen LogP contribution in [0.5, 0.6) is 0 Å². The van der Waals surface area contributed by atoms with E-state index in [1.165, 1.54) is 16.7 Å². The molecule has 0 radical (unpaired) electrons. The Balaban J connectivity index is 1.57. The molecule has 4 heterocycles.